The molecule has 3 N–H and O–H groups in total. The van der Waals surface area contributed by atoms with Gasteiger partial charge in [0.1, 0.15) is 0 Å². The first kappa shape index (κ1) is 17.5. The van der Waals surface area contributed by atoms with Crippen molar-refractivity contribution in [1.29, 1.82) is 0 Å². The van der Waals surface area contributed by atoms with Gasteiger partial charge in [0.25, 0.3) is 0 Å². The molecule has 0 radical (unpaired) electrons. The highest BCUT2D eigenvalue weighted by Gasteiger charge is 2.29. The molecule has 21 heavy (non-hydrogen) atoms. The Hall–Kier alpha value is -1.59. The van der Waals surface area contributed by atoms with E-state index in [0.29, 0.717) is 32.2 Å². The Morgan fingerprint density at radius 1 is 1.05 bits per heavy atom. The lowest BCUT2D eigenvalue weighted by molar-refractivity contribution is -0.144. The fourth-order valence-electron chi connectivity index (χ4n) is 2.53. The van der Waals surface area contributed by atoms with Gasteiger partial charge in [0.15, 0.2) is 0 Å². The standard InChI is InChI=1S/C15H26N2O4/c1-15(2,3)17-12(18)8-9-16-13(19)10-4-6-11(7-5-10)14(20)21/h10-11H,4-9H2,1-3H3,(H,16,19)(H,17,18)(H,20,21). The van der Waals surface area contributed by atoms with E-state index in [1.807, 2.05) is 20.8 Å². The predicted molar refractivity (Wildman–Crippen MR) is 78.6 cm³/mol. The van der Waals surface area contributed by atoms with Crippen LogP contribution in [-0.2, 0) is 14.4 Å². The van der Waals surface area contributed by atoms with E-state index in [4.69, 9.17) is 5.11 Å². The summed E-state index contributed by atoms with van der Waals surface area (Å²) in [6, 6.07) is 0. The number of amides is 2. The molecule has 0 bridgehead atoms. The van der Waals surface area contributed by atoms with Gasteiger partial charge in [-0.1, -0.05) is 0 Å². The number of carbonyl (C=O) groups excluding carboxylic acids is 2. The summed E-state index contributed by atoms with van der Waals surface area (Å²) in [6.07, 6.45) is 2.58. The van der Waals surface area contributed by atoms with Gasteiger partial charge in [-0.2, -0.15) is 0 Å². The number of nitrogens with one attached hydrogen (secondary N) is 2. The van der Waals surface area contributed by atoms with Crippen molar-refractivity contribution in [1.82, 2.24) is 10.6 Å². The molecule has 120 valence electrons. The third kappa shape index (κ3) is 6.60. The van der Waals surface area contributed by atoms with Gasteiger partial charge in [-0.25, -0.2) is 0 Å². The zero-order valence-electron chi connectivity index (χ0n) is 13.1. The molecule has 1 saturated carbocycles. The first-order valence-electron chi connectivity index (χ1n) is 7.50. The number of carboxylic acid groups (broad SMARTS) is 1. The minimum atomic E-state index is -0.771. The first-order chi connectivity index (χ1) is 9.69. The number of carboxylic acids is 1. The zero-order valence-corrected chi connectivity index (χ0v) is 13.1. The van der Waals surface area contributed by atoms with E-state index >= 15 is 0 Å². The van der Waals surface area contributed by atoms with E-state index < -0.39 is 5.97 Å². The van der Waals surface area contributed by atoms with Crippen LogP contribution in [-0.4, -0.2) is 35.0 Å². The van der Waals surface area contributed by atoms with Crippen LogP contribution in [0.4, 0.5) is 0 Å². The minimum absolute atomic E-state index is 0.0672. The topological polar surface area (TPSA) is 95.5 Å². The molecule has 0 spiro atoms. The van der Waals surface area contributed by atoms with Gasteiger partial charge in [0, 0.05) is 24.4 Å². The molecular formula is C15H26N2O4. The predicted octanol–water partition coefficient (Wildman–Crippen LogP) is 1.30. The molecule has 2 amide bonds. The summed E-state index contributed by atoms with van der Waals surface area (Å²) in [5.74, 6) is -1.36. The van der Waals surface area contributed by atoms with Crippen molar-refractivity contribution in [2.75, 3.05) is 6.54 Å². The summed E-state index contributed by atoms with van der Waals surface area (Å²) in [7, 11) is 0. The van der Waals surface area contributed by atoms with Crippen molar-refractivity contribution in [2.24, 2.45) is 11.8 Å². The van der Waals surface area contributed by atoms with Gasteiger partial charge in [-0.05, 0) is 46.5 Å². The van der Waals surface area contributed by atoms with Crippen LogP contribution in [0.15, 0.2) is 0 Å². The summed E-state index contributed by atoms with van der Waals surface area (Å²) < 4.78 is 0. The Kier molecular flexibility index (Phi) is 6.18. The lowest BCUT2D eigenvalue weighted by Gasteiger charge is -2.25. The average molecular weight is 298 g/mol. The smallest absolute Gasteiger partial charge is 0.306 e. The number of rotatable bonds is 5. The van der Waals surface area contributed by atoms with Crippen LogP contribution in [0.3, 0.4) is 0 Å². The maximum absolute atomic E-state index is 12.0. The molecule has 0 unspecified atom stereocenters. The zero-order chi connectivity index (χ0) is 16.0. The summed E-state index contributed by atoms with van der Waals surface area (Å²) in [5, 5.41) is 14.5. The van der Waals surface area contributed by atoms with E-state index in [1.54, 1.807) is 0 Å². The highest BCUT2D eigenvalue weighted by Crippen LogP contribution is 2.28. The number of carbonyl (C=O) groups is 3. The quantitative estimate of drug-likeness (QED) is 0.713. The van der Waals surface area contributed by atoms with E-state index in [0.717, 1.165) is 0 Å². The van der Waals surface area contributed by atoms with Crippen LogP contribution in [0.5, 0.6) is 0 Å². The summed E-state index contributed by atoms with van der Waals surface area (Å²) in [5.41, 5.74) is -0.268. The second-order valence-corrected chi connectivity index (χ2v) is 6.73. The molecule has 6 nitrogen and oxygen atoms in total. The molecule has 0 aromatic rings. The molecule has 1 rings (SSSR count). The van der Waals surface area contributed by atoms with Gasteiger partial charge in [-0.3, -0.25) is 14.4 Å². The summed E-state index contributed by atoms with van der Waals surface area (Å²) >= 11 is 0. The molecule has 0 aromatic carbocycles. The van der Waals surface area contributed by atoms with Gasteiger partial charge in [-0.15, -0.1) is 0 Å². The second kappa shape index (κ2) is 7.43. The molecule has 0 heterocycles. The average Bonchev–Trinajstić information content (AvgIpc) is 2.36. The van der Waals surface area contributed by atoms with Crippen LogP contribution in [0.25, 0.3) is 0 Å². The minimum Gasteiger partial charge on any atom is -0.481 e. The Bertz CT molecular complexity index is 393. The van der Waals surface area contributed by atoms with Gasteiger partial charge < -0.3 is 15.7 Å². The Balaban J connectivity index is 2.23. The third-order valence-corrected chi connectivity index (χ3v) is 3.61. The molecular weight excluding hydrogens is 272 g/mol. The van der Waals surface area contributed by atoms with Crippen LogP contribution in [0, 0.1) is 11.8 Å². The van der Waals surface area contributed by atoms with E-state index in [-0.39, 0.29) is 35.6 Å². The van der Waals surface area contributed by atoms with E-state index in [2.05, 4.69) is 10.6 Å². The lowest BCUT2D eigenvalue weighted by atomic mass is 9.81. The molecule has 0 saturated heterocycles. The SMILES string of the molecule is CC(C)(C)NC(=O)CCNC(=O)C1CCC(C(=O)O)CC1. The van der Waals surface area contributed by atoms with Gasteiger partial charge in [0.05, 0.1) is 5.92 Å². The first-order valence-corrected chi connectivity index (χ1v) is 7.50. The molecule has 6 heteroatoms. The number of aliphatic carboxylic acids is 1. The normalized spacial score (nSPS) is 22.4. The summed E-state index contributed by atoms with van der Waals surface area (Å²) in [4.78, 5) is 34.4. The largest absolute Gasteiger partial charge is 0.481 e. The van der Waals surface area contributed by atoms with Gasteiger partial charge >= 0.3 is 5.97 Å². The van der Waals surface area contributed by atoms with E-state index in [9.17, 15) is 14.4 Å². The molecule has 1 aliphatic rings. The monoisotopic (exact) mass is 298 g/mol. The Labute approximate surface area is 125 Å². The Morgan fingerprint density at radius 3 is 2.05 bits per heavy atom. The van der Waals surface area contributed by atoms with Crippen molar-refractivity contribution < 1.29 is 19.5 Å². The van der Waals surface area contributed by atoms with Gasteiger partial charge in [0.2, 0.25) is 11.8 Å². The van der Waals surface area contributed by atoms with Crippen LogP contribution < -0.4 is 10.6 Å². The Morgan fingerprint density at radius 2 is 1.57 bits per heavy atom. The number of hydrogen-bond donors (Lipinski definition) is 3. The second-order valence-electron chi connectivity index (χ2n) is 6.73. The lowest BCUT2D eigenvalue weighted by Crippen LogP contribution is -2.42. The van der Waals surface area contributed by atoms with E-state index in [1.165, 1.54) is 0 Å². The van der Waals surface area contributed by atoms with Crippen molar-refractivity contribution in [3.63, 3.8) is 0 Å². The highest BCUT2D eigenvalue weighted by molar-refractivity contribution is 5.81. The third-order valence-electron chi connectivity index (χ3n) is 3.61. The van der Waals surface area contributed by atoms with Crippen LogP contribution in [0.2, 0.25) is 0 Å². The molecule has 1 fully saturated rings. The van der Waals surface area contributed by atoms with Crippen LogP contribution in [0.1, 0.15) is 52.9 Å². The van der Waals surface area contributed by atoms with Crippen LogP contribution >= 0.6 is 0 Å². The fraction of sp³-hybridized carbons (Fsp3) is 0.800. The molecule has 0 atom stereocenters. The maximum Gasteiger partial charge on any atom is 0.306 e. The highest BCUT2D eigenvalue weighted by atomic mass is 16.4. The van der Waals surface area contributed by atoms with Crippen molar-refractivity contribution >= 4 is 17.8 Å². The van der Waals surface area contributed by atoms with Crippen molar-refractivity contribution in [3.8, 4) is 0 Å². The van der Waals surface area contributed by atoms with Crippen molar-refractivity contribution in [2.45, 2.75) is 58.4 Å². The molecule has 0 aliphatic heterocycles. The molecule has 0 aromatic heterocycles. The van der Waals surface area contributed by atoms with Crippen molar-refractivity contribution in [3.05, 3.63) is 0 Å². The maximum atomic E-state index is 12.0. The fourth-order valence-corrected chi connectivity index (χ4v) is 2.53. The summed E-state index contributed by atoms with van der Waals surface area (Å²) in [6.45, 7) is 6.04. The molecule has 1 aliphatic carbocycles. The number of hydrogen-bond acceptors (Lipinski definition) is 3.